The van der Waals surface area contributed by atoms with Crippen LogP contribution in [0.3, 0.4) is 0 Å². The van der Waals surface area contributed by atoms with Crippen molar-refractivity contribution in [2.75, 3.05) is 0 Å². The van der Waals surface area contributed by atoms with E-state index in [1.54, 1.807) is 0 Å². The first-order chi connectivity index (χ1) is 5.88. The Balaban J connectivity index is 2.64. The van der Waals surface area contributed by atoms with Gasteiger partial charge < -0.3 is 0 Å². The van der Waals surface area contributed by atoms with E-state index >= 15 is 0 Å². The summed E-state index contributed by atoms with van der Waals surface area (Å²) in [6.45, 7) is 0.934. The molecule has 0 saturated carbocycles. The minimum atomic E-state index is -2.62. The zero-order chi connectivity index (χ0) is 10.1. The van der Waals surface area contributed by atoms with Crippen molar-refractivity contribution in [2.45, 2.75) is 24.1 Å². The van der Waals surface area contributed by atoms with Gasteiger partial charge in [0.05, 0.1) is 8.61 Å². The molecule has 13 heavy (non-hydrogen) atoms. The maximum absolute atomic E-state index is 12.6. The van der Waals surface area contributed by atoms with Crippen molar-refractivity contribution in [3.63, 3.8) is 0 Å². The van der Waals surface area contributed by atoms with E-state index < -0.39 is 5.92 Å². The van der Waals surface area contributed by atoms with E-state index in [4.69, 9.17) is 0 Å². The summed E-state index contributed by atoms with van der Waals surface area (Å²) in [6.07, 6.45) is -0.167. The first-order valence-electron chi connectivity index (χ1n) is 3.65. The van der Waals surface area contributed by atoms with Gasteiger partial charge in [0.1, 0.15) is 0 Å². The average Bonchev–Trinajstić information content (AvgIpc) is 2.31. The molecular formula is C8H8Br2F2S. The molecule has 0 fully saturated rings. The van der Waals surface area contributed by atoms with Crippen LogP contribution in [0, 0.1) is 0 Å². The molecule has 0 aliphatic rings. The molecule has 0 bridgehead atoms. The van der Waals surface area contributed by atoms with Crippen LogP contribution < -0.4 is 0 Å². The summed E-state index contributed by atoms with van der Waals surface area (Å²) < 4.78 is 26.2. The summed E-state index contributed by atoms with van der Waals surface area (Å²) in [5, 5.41) is 0. The van der Waals surface area contributed by atoms with Crippen molar-refractivity contribution in [1.82, 2.24) is 0 Å². The fraction of sp³-hybridized carbons (Fsp3) is 0.500. The molecule has 0 aliphatic heterocycles. The van der Waals surface area contributed by atoms with Crippen molar-refractivity contribution >= 4 is 43.2 Å². The third-order valence-corrected chi connectivity index (χ3v) is 4.30. The van der Waals surface area contributed by atoms with Gasteiger partial charge in [-0.1, -0.05) is 15.9 Å². The molecular weight excluding hydrogens is 326 g/mol. The smallest absolute Gasteiger partial charge is 0.207 e. The lowest BCUT2D eigenvalue weighted by atomic mass is 10.2. The van der Waals surface area contributed by atoms with E-state index in [0.29, 0.717) is 0 Å². The predicted octanol–water partition coefficient (Wildman–Crippen LogP) is 4.99. The van der Waals surface area contributed by atoms with Gasteiger partial charge in [-0.25, -0.2) is 8.78 Å². The summed E-state index contributed by atoms with van der Waals surface area (Å²) in [7, 11) is 0. The molecule has 0 spiro atoms. The third-order valence-electron chi connectivity index (χ3n) is 1.44. The normalized spacial score (nSPS) is 14.5. The number of halogens is 4. The molecule has 1 rings (SSSR count). The van der Waals surface area contributed by atoms with Crippen LogP contribution in [0.5, 0.6) is 0 Å². The molecule has 5 heteroatoms. The van der Waals surface area contributed by atoms with E-state index in [9.17, 15) is 8.78 Å². The van der Waals surface area contributed by atoms with Crippen LogP contribution in [0.4, 0.5) is 8.78 Å². The van der Waals surface area contributed by atoms with Gasteiger partial charge in [0.25, 0.3) is 0 Å². The van der Waals surface area contributed by atoms with Crippen molar-refractivity contribution < 1.29 is 8.78 Å². The summed E-state index contributed by atoms with van der Waals surface area (Å²) >= 11 is 8.01. The number of hydrogen-bond donors (Lipinski definition) is 0. The molecule has 1 atom stereocenters. The minimum absolute atomic E-state index is 0.167. The van der Waals surface area contributed by atoms with Crippen LogP contribution in [-0.4, -0.2) is 5.92 Å². The van der Waals surface area contributed by atoms with Crippen molar-refractivity contribution in [3.05, 3.63) is 20.8 Å². The molecule has 0 aliphatic carbocycles. The lowest BCUT2D eigenvalue weighted by molar-refractivity contribution is 0.0132. The van der Waals surface area contributed by atoms with Crippen LogP contribution in [-0.2, 0) is 0 Å². The van der Waals surface area contributed by atoms with Crippen molar-refractivity contribution in [1.29, 1.82) is 0 Å². The first kappa shape index (κ1) is 11.6. The van der Waals surface area contributed by atoms with Gasteiger partial charge in [-0.15, -0.1) is 11.3 Å². The van der Waals surface area contributed by atoms with E-state index in [1.165, 1.54) is 11.3 Å². The Kier molecular flexibility index (Phi) is 3.89. The first-order valence-corrected chi connectivity index (χ1v) is 6.18. The Hall–Kier alpha value is 0.520. The lowest BCUT2D eigenvalue weighted by Gasteiger charge is -2.13. The van der Waals surface area contributed by atoms with Crippen LogP contribution in [0.2, 0.25) is 0 Å². The van der Waals surface area contributed by atoms with Gasteiger partial charge in [0, 0.05) is 11.3 Å². The molecule has 0 aromatic carbocycles. The number of hydrogen-bond acceptors (Lipinski definition) is 1. The van der Waals surface area contributed by atoms with Crippen LogP contribution in [0.15, 0.2) is 15.9 Å². The van der Waals surface area contributed by atoms with E-state index in [-0.39, 0.29) is 11.2 Å². The molecule has 74 valence electrons. The standard InChI is InChI=1S/C8H8Br2F2S/c1-8(11,12)4-5(9)6-2-3-7(10)13-6/h2-3,5H,4H2,1H3. The van der Waals surface area contributed by atoms with Crippen molar-refractivity contribution in [3.8, 4) is 0 Å². The number of rotatable bonds is 3. The molecule has 0 saturated heterocycles. The Bertz CT molecular complexity index is 280. The molecule has 0 nitrogen and oxygen atoms in total. The largest absolute Gasteiger partial charge is 0.246 e. The fourth-order valence-corrected chi connectivity index (χ4v) is 3.31. The van der Waals surface area contributed by atoms with Gasteiger partial charge >= 0.3 is 0 Å². The maximum atomic E-state index is 12.6. The highest BCUT2D eigenvalue weighted by Crippen LogP contribution is 2.38. The van der Waals surface area contributed by atoms with Gasteiger partial charge in [0.15, 0.2) is 0 Å². The average molecular weight is 334 g/mol. The Morgan fingerprint density at radius 1 is 1.54 bits per heavy atom. The SMILES string of the molecule is CC(F)(F)CC(Br)c1ccc(Br)s1. The highest BCUT2D eigenvalue weighted by molar-refractivity contribution is 9.11. The van der Waals surface area contributed by atoms with Crippen LogP contribution in [0.25, 0.3) is 0 Å². The van der Waals surface area contributed by atoms with Gasteiger partial charge in [-0.3, -0.25) is 0 Å². The molecule has 0 N–H and O–H groups in total. The molecule has 1 unspecified atom stereocenters. The predicted molar refractivity (Wildman–Crippen MR) is 58.9 cm³/mol. The minimum Gasteiger partial charge on any atom is -0.207 e. The maximum Gasteiger partial charge on any atom is 0.246 e. The van der Waals surface area contributed by atoms with E-state index in [1.807, 2.05) is 12.1 Å². The van der Waals surface area contributed by atoms with E-state index in [0.717, 1.165) is 15.6 Å². The van der Waals surface area contributed by atoms with E-state index in [2.05, 4.69) is 31.9 Å². The third kappa shape index (κ3) is 4.04. The second kappa shape index (κ2) is 4.36. The Morgan fingerprint density at radius 2 is 2.15 bits per heavy atom. The van der Waals surface area contributed by atoms with Crippen LogP contribution >= 0.6 is 43.2 Å². The zero-order valence-corrected chi connectivity index (χ0v) is 10.8. The highest BCUT2D eigenvalue weighted by Gasteiger charge is 2.26. The van der Waals surface area contributed by atoms with Gasteiger partial charge in [0.2, 0.25) is 5.92 Å². The van der Waals surface area contributed by atoms with Crippen molar-refractivity contribution in [2.24, 2.45) is 0 Å². The Morgan fingerprint density at radius 3 is 2.54 bits per heavy atom. The summed E-state index contributed by atoms with van der Waals surface area (Å²) in [5.41, 5.74) is 0. The summed E-state index contributed by atoms with van der Waals surface area (Å²) in [4.78, 5) is 0.664. The highest BCUT2D eigenvalue weighted by atomic mass is 79.9. The summed E-state index contributed by atoms with van der Waals surface area (Å²) in [6, 6.07) is 3.71. The number of alkyl halides is 3. The quantitative estimate of drug-likeness (QED) is 0.683. The molecule has 0 radical (unpaired) electrons. The van der Waals surface area contributed by atoms with Gasteiger partial charge in [-0.05, 0) is 35.0 Å². The monoisotopic (exact) mass is 332 g/mol. The fourth-order valence-electron chi connectivity index (χ4n) is 0.912. The molecule has 1 aromatic rings. The topological polar surface area (TPSA) is 0 Å². The molecule has 0 amide bonds. The van der Waals surface area contributed by atoms with Crippen LogP contribution in [0.1, 0.15) is 23.0 Å². The molecule has 1 heterocycles. The molecule has 1 aromatic heterocycles. The zero-order valence-electron chi connectivity index (χ0n) is 6.86. The second-order valence-corrected chi connectivity index (χ2v) is 6.48. The lowest BCUT2D eigenvalue weighted by Crippen LogP contribution is -2.11. The Labute approximate surface area is 96.6 Å². The summed E-state index contributed by atoms with van der Waals surface area (Å²) in [5.74, 6) is -2.62. The number of thiophene rings is 1. The van der Waals surface area contributed by atoms with Gasteiger partial charge in [-0.2, -0.15) is 0 Å². The second-order valence-electron chi connectivity index (χ2n) is 2.88.